The van der Waals surface area contributed by atoms with Crippen LogP contribution in [0, 0.1) is 0 Å². The van der Waals surface area contributed by atoms with Gasteiger partial charge in [-0.25, -0.2) is 0 Å². The molecular formula is C14H24N2OS. The summed E-state index contributed by atoms with van der Waals surface area (Å²) in [5, 5.41) is 3.35. The lowest BCUT2D eigenvalue weighted by Gasteiger charge is -2.17. The minimum atomic E-state index is 0.778. The molecule has 0 unspecified atom stereocenters. The smallest absolute Gasteiger partial charge is 0.0587 e. The third-order valence-corrected chi connectivity index (χ3v) is 3.51. The van der Waals surface area contributed by atoms with Crippen molar-refractivity contribution in [2.45, 2.75) is 11.4 Å². The molecule has 4 heteroatoms. The molecule has 0 atom stereocenters. The number of likely N-dealkylation sites (N-methyl/N-ethyl adjacent to an activating group) is 1. The van der Waals surface area contributed by atoms with Crippen LogP contribution in [0.5, 0.6) is 0 Å². The molecule has 102 valence electrons. The van der Waals surface area contributed by atoms with Gasteiger partial charge in [-0.15, -0.1) is 11.8 Å². The van der Waals surface area contributed by atoms with Crippen molar-refractivity contribution in [3.63, 3.8) is 0 Å². The van der Waals surface area contributed by atoms with Crippen LogP contribution >= 0.6 is 11.8 Å². The highest BCUT2D eigenvalue weighted by molar-refractivity contribution is 7.98. The van der Waals surface area contributed by atoms with Crippen LogP contribution in [0.3, 0.4) is 0 Å². The maximum atomic E-state index is 4.99. The van der Waals surface area contributed by atoms with Gasteiger partial charge < -0.3 is 15.0 Å². The van der Waals surface area contributed by atoms with Crippen LogP contribution in [0.1, 0.15) is 5.56 Å². The molecule has 0 radical (unpaired) electrons. The Bertz CT molecular complexity index is 316. The number of benzene rings is 1. The second-order valence-electron chi connectivity index (χ2n) is 4.33. The minimum absolute atomic E-state index is 0.778. The summed E-state index contributed by atoms with van der Waals surface area (Å²) < 4.78 is 4.99. The third-order valence-electron chi connectivity index (χ3n) is 2.76. The summed E-state index contributed by atoms with van der Waals surface area (Å²) in [7, 11) is 3.88. The van der Waals surface area contributed by atoms with E-state index >= 15 is 0 Å². The zero-order valence-corrected chi connectivity index (χ0v) is 12.4. The van der Waals surface area contributed by atoms with E-state index in [4.69, 9.17) is 4.74 Å². The van der Waals surface area contributed by atoms with Gasteiger partial charge >= 0.3 is 0 Å². The predicted octanol–water partition coefficient (Wildman–Crippen LogP) is 2.08. The zero-order valence-electron chi connectivity index (χ0n) is 11.6. The molecule has 0 saturated carbocycles. The van der Waals surface area contributed by atoms with Gasteiger partial charge in [0.15, 0.2) is 0 Å². The van der Waals surface area contributed by atoms with E-state index in [0.717, 1.165) is 32.8 Å². The summed E-state index contributed by atoms with van der Waals surface area (Å²) in [6.07, 6.45) is 2.10. The van der Waals surface area contributed by atoms with Gasteiger partial charge in [-0.05, 0) is 31.0 Å². The number of rotatable bonds is 9. The average Bonchev–Trinajstić information content (AvgIpc) is 2.39. The van der Waals surface area contributed by atoms with Gasteiger partial charge in [0.25, 0.3) is 0 Å². The van der Waals surface area contributed by atoms with Gasteiger partial charge in [-0.2, -0.15) is 0 Å². The second-order valence-corrected chi connectivity index (χ2v) is 5.21. The Labute approximate surface area is 115 Å². The van der Waals surface area contributed by atoms with Crippen LogP contribution in [0.15, 0.2) is 29.2 Å². The van der Waals surface area contributed by atoms with Gasteiger partial charge in [0.1, 0.15) is 0 Å². The van der Waals surface area contributed by atoms with E-state index in [-0.39, 0.29) is 0 Å². The van der Waals surface area contributed by atoms with Crippen LogP contribution in [-0.4, -0.2) is 51.6 Å². The Morgan fingerprint density at radius 2 is 1.94 bits per heavy atom. The molecule has 1 aromatic rings. The molecule has 0 aromatic heterocycles. The maximum absolute atomic E-state index is 4.99. The van der Waals surface area contributed by atoms with Gasteiger partial charge in [-0.3, -0.25) is 0 Å². The van der Waals surface area contributed by atoms with Crippen molar-refractivity contribution in [1.29, 1.82) is 0 Å². The second kappa shape index (κ2) is 9.39. The monoisotopic (exact) mass is 268 g/mol. The van der Waals surface area contributed by atoms with Crippen LogP contribution in [0.4, 0.5) is 0 Å². The molecule has 0 heterocycles. The van der Waals surface area contributed by atoms with Crippen molar-refractivity contribution in [3.05, 3.63) is 29.8 Å². The lowest BCUT2D eigenvalue weighted by atomic mass is 10.2. The molecule has 1 aromatic carbocycles. The highest BCUT2D eigenvalue weighted by Gasteiger charge is 2.00. The Hall–Kier alpha value is -0.550. The van der Waals surface area contributed by atoms with E-state index in [1.807, 2.05) is 0 Å². The molecule has 18 heavy (non-hydrogen) atoms. The molecule has 0 fully saturated rings. The standard InChI is InChI=1S/C14H24N2OS/c1-16(10-8-15-9-11-17-2)12-13-4-6-14(18-3)7-5-13/h4-7,15H,8-12H2,1-3H3. The van der Waals surface area contributed by atoms with Crippen LogP contribution in [-0.2, 0) is 11.3 Å². The molecule has 1 rings (SSSR count). The number of hydrogen-bond acceptors (Lipinski definition) is 4. The van der Waals surface area contributed by atoms with Crippen molar-refractivity contribution in [2.24, 2.45) is 0 Å². The lowest BCUT2D eigenvalue weighted by molar-refractivity contribution is 0.197. The number of nitrogens with zero attached hydrogens (tertiary/aromatic N) is 1. The SMILES string of the molecule is COCCNCCN(C)Cc1ccc(SC)cc1. The number of methoxy groups -OCH3 is 1. The van der Waals surface area contributed by atoms with Crippen LogP contribution in [0.25, 0.3) is 0 Å². The lowest BCUT2D eigenvalue weighted by Crippen LogP contribution is -2.30. The van der Waals surface area contributed by atoms with Crippen molar-refractivity contribution < 1.29 is 4.74 Å². The average molecular weight is 268 g/mol. The van der Waals surface area contributed by atoms with Gasteiger partial charge in [0.05, 0.1) is 6.61 Å². The summed E-state index contributed by atoms with van der Waals surface area (Å²) in [5.74, 6) is 0. The molecule has 0 aliphatic rings. The first-order valence-electron chi connectivity index (χ1n) is 6.27. The van der Waals surface area contributed by atoms with Crippen molar-refractivity contribution in [1.82, 2.24) is 10.2 Å². The Balaban J connectivity index is 2.20. The topological polar surface area (TPSA) is 24.5 Å². The summed E-state index contributed by atoms with van der Waals surface area (Å²) in [6, 6.07) is 8.79. The van der Waals surface area contributed by atoms with Crippen LogP contribution in [0.2, 0.25) is 0 Å². The highest BCUT2D eigenvalue weighted by atomic mass is 32.2. The number of thioether (sulfide) groups is 1. The van der Waals surface area contributed by atoms with E-state index in [1.54, 1.807) is 18.9 Å². The predicted molar refractivity (Wildman–Crippen MR) is 79.3 cm³/mol. The first kappa shape index (κ1) is 15.5. The first-order valence-corrected chi connectivity index (χ1v) is 7.50. The van der Waals surface area contributed by atoms with E-state index in [9.17, 15) is 0 Å². The number of ether oxygens (including phenoxy) is 1. The van der Waals surface area contributed by atoms with Crippen molar-refractivity contribution in [3.8, 4) is 0 Å². The van der Waals surface area contributed by atoms with Gasteiger partial charge in [0.2, 0.25) is 0 Å². The molecule has 0 bridgehead atoms. The fourth-order valence-electron chi connectivity index (χ4n) is 1.69. The normalized spacial score (nSPS) is 11.1. The maximum Gasteiger partial charge on any atom is 0.0587 e. The van der Waals surface area contributed by atoms with Gasteiger partial charge in [-0.1, -0.05) is 12.1 Å². The number of hydrogen-bond donors (Lipinski definition) is 1. The zero-order chi connectivity index (χ0) is 13.2. The Morgan fingerprint density at radius 3 is 2.56 bits per heavy atom. The minimum Gasteiger partial charge on any atom is -0.383 e. The highest BCUT2D eigenvalue weighted by Crippen LogP contribution is 2.15. The fraction of sp³-hybridized carbons (Fsp3) is 0.571. The summed E-state index contributed by atoms with van der Waals surface area (Å²) >= 11 is 1.78. The van der Waals surface area contributed by atoms with Crippen molar-refractivity contribution >= 4 is 11.8 Å². The molecule has 0 amide bonds. The van der Waals surface area contributed by atoms with E-state index in [1.165, 1.54) is 10.5 Å². The molecule has 1 N–H and O–H groups in total. The van der Waals surface area contributed by atoms with Crippen LogP contribution < -0.4 is 5.32 Å². The Morgan fingerprint density at radius 1 is 1.22 bits per heavy atom. The van der Waals surface area contributed by atoms with Crippen molar-refractivity contribution in [2.75, 3.05) is 46.7 Å². The van der Waals surface area contributed by atoms with Gasteiger partial charge in [0, 0.05) is 38.2 Å². The number of nitrogens with one attached hydrogen (secondary N) is 1. The molecule has 3 nitrogen and oxygen atoms in total. The fourth-order valence-corrected chi connectivity index (χ4v) is 2.10. The molecule has 0 saturated heterocycles. The summed E-state index contributed by atoms with van der Waals surface area (Å²) in [6.45, 7) is 4.75. The largest absolute Gasteiger partial charge is 0.383 e. The van der Waals surface area contributed by atoms with E-state index < -0.39 is 0 Å². The quantitative estimate of drug-likeness (QED) is 0.547. The summed E-state index contributed by atoms with van der Waals surface area (Å²) in [4.78, 5) is 3.65. The molecule has 0 aliphatic heterocycles. The summed E-state index contributed by atoms with van der Waals surface area (Å²) in [5.41, 5.74) is 1.37. The van der Waals surface area contributed by atoms with E-state index in [0.29, 0.717) is 0 Å². The molecular weight excluding hydrogens is 244 g/mol. The Kier molecular flexibility index (Phi) is 8.09. The first-order chi connectivity index (χ1) is 8.76. The van der Waals surface area contributed by atoms with E-state index in [2.05, 4.69) is 47.8 Å². The third kappa shape index (κ3) is 6.40. The molecule has 0 aliphatic carbocycles. The molecule has 0 spiro atoms.